The molecule has 24 heavy (non-hydrogen) atoms. The highest BCUT2D eigenvalue weighted by atomic mass is 35.5. The number of halogens is 1. The van der Waals surface area contributed by atoms with Crippen molar-refractivity contribution in [2.45, 2.75) is 65.2 Å². The van der Waals surface area contributed by atoms with Crippen LogP contribution in [0.25, 0.3) is 0 Å². The third-order valence-electron chi connectivity index (χ3n) is 8.22. The Morgan fingerprint density at radius 1 is 1.08 bits per heavy atom. The minimum atomic E-state index is 0.0661. The Bertz CT molecular complexity index is 699. The molecule has 0 bridgehead atoms. The first-order valence-corrected chi connectivity index (χ1v) is 9.86. The average molecular weight is 344 g/mol. The Morgan fingerprint density at radius 2 is 1.83 bits per heavy atom. The van der Waals surface area contributed by atoms with E-state index in [-0.39, 0.29) is 16.6 Å². The van der Waals surface area contributed by atoms with Gasteiger partial charge >= 0.3 is 0 Å². The molecule has 0 unspecified atom stereocenters. The molecule has 0 radical (unpaired) electrons. The second kappa shape index (κ2) is 5.46. The zero-order valence-electron chi connectivity index (χ0n) is 14.7. The molecule has 4 aliphatic carbocycles. The Morgan fingerprint density at radius 3 is 2.54 bits per heavy atom. The predicted octanol–water partition coefficient (Wildman–Crippen LogP) is 5.53. The van der Waals surface area contributed by atoms with E-state index < -0.39 is 0 Å². The molecule has 4 aliphatic rings. The molecular formula is C21H26ClNO. The molecule has 0 aromatic rings. The number of allylic oxidation sites excluding steroid dienone is 2. The lowest BCUT2D eigenvalue weighted by Gasteiger charge is -2.57. The topological polar surface area (TPSA) is 40.9 Å². The van der Waals surface area contributed by atoms with E-state index in [1.165, 1.54) is 30.4 Å². The molecule has 0 spiro atoms. The molecule has 3 heteroatoms. The van der Waals surface area contributed by atoms with Gasteiger partial charge in [0.25, 0.3) is 0 Å². The SMILES string of the molecule is C[C@]12CCC(=O)C(C#N)=C1CC[C@@H]1[C@@H]2CC[C@]2(C)C(=CCl)CC[C@@H]12. The molecule has 0 aliphatic heterocycles. The zero-order valence-corrected chi connectivity index (χ0v) is 15.5. The molecule has 3 fully saturated rings. The van der Waals surface area contributed by atoms with Crippen molar-refractivity contribution in [3.05, 3.63) is 22.3 Å². The Kier molecular flexibility index (Phi) is 3.73. The Labute approximate surface area is 149 Å². The summed E-state index contributed by atoms with van der Waals surface area (Å²) in [4.78, 5) is 12.2. The fraction of sp³-hybridized carbons (Fsp3) is 0.714. The fourth-order valence-electron chi connectivity index (χ4n) is 6.87. The maximum atomic E-state index is 12.2. The van der Waals surface area contributed by atoms with Crippen LogP contribution in [-0.4, -0.2) is 5.78 Å². The molecule has 0 aromatic heterocycles. The van der Waals surface area contributed by atoms with E-state index in [2.05, 4.69) is 19.9 Å². The molecule has 5 atom stereocenters. The van der Waals surface area contributed by atoms with Gasteiger partial charge in [0.15, 0.2) is 5.78 Å². The molecule has 0 aromatic carbocycles. The largest absolute Gasteiger partial charge is 0.293 e. The minimum absolute atomic E-state index is 0.0661. The monoisotopic (exact) mass is 343 g/mol. The molecule has 0 heterocycles. The summed E-state index contributed by atoms with van der Waals surface area (Å²) in [5, 5.41) is 9.52. The van der Waals surface area contributed by atoms with Gasteiger partial charge in [0.1, 0.15) is 6.07 Å². The number of carbonyl (C=O) groups is 1. The first kappa shape index (κ1) is 16.4. The summed E-state index contributed by atoms with van der Waals surface area (Å²) in [6.45, 7) is 4.77. The van der Waals surface area contributed by atoms with E-state index in [9.17, 15) is 10.1 Å². The summed E-state index contributed by atoms with van der Waals surface area (Å²) in [6, 6.07) is 2.25. The van der Waals surface area contributed by atoms with E-state index in [0.29, 0.717) is 17.9 Å². The summed E-state index contributed by atoms with van der Waals surface area (Å²) in [7, 11) is 0. The van der Waals surface area contributed by atoms with Crippen LogP contribution in [0.4, 0.5) is 0 Å². The second-order valence-electron chi connectivity index (χ2n) is 8.85. The van der Waals surface area contributed by atoms with E-state index in [1.54, 1.807) is 0 Å². The van der Waals surface area contributed by atoms with Crippen molar-refractivity contribution in [2.24, 2.45) is 28.6 Å². The van der Waals surface area contributed by atoms with Gasteiger partial charge in [0, 0.05) is 12.0 Å². The predicted molar refractivity (Wildman–Crippen MR) is 95.2 cm³/mol. The van der Waals surface area contributed by atoms with Gasteiger partial charge in [0.2, 0.25) is 0 Å². The Balaban J connectivity index is 1.74. The van der Waals surface area contributed by atoms with Crippen molar-refractivity contribution in [1.82, 2.24) is 0 Å². The highest BCUT2D eigenvalue weighted by Gasteiger charge is 2.58. The maximum absolute atomic E-state index is 12.2. The molecule has 3 saturated carbocycles. The molecule has 128 valence electrons. The smallest absolute Gasteiger partial charge is 0.173 e. The van der Waals surface area contributed by atoms with Gasteiger partial charge in [0.05, 0.1) is 5.57 Å². The normalized spacial score (nSPS) is 46.3. The van der Waals surface area contributed by atoms with Gasteiger partial charge < -0.3 is 0 Å². The van der Waals surface area contributed by atoms with Gasteiger partial charge in [-0.3, -0.25) is 4.79 Å². The molecular weight excluding hydrogens is 318 g/mol. The molecule has 0 N–H and O–H groups in total. The van der Waals surface area contributed by atoms with Crippen molar-refractivity contribution in [3.8, 4) is 6.07 Å². The summed E-state index contributed by atoms with van der Waals surface area (Å²) >= 11 is 6.14. The van der Waals surface area contributed by atoms with Crippen molar-refractivity contribution in [1.29, 1.82) is 5.26 Å². The first-order chi connectivity index (χ1) is 11.5. The standard InChI is InChI=1S/C21H26ClNO/c1-20-9-7-18-14(16(20)5-3-13(20)11-22)4-6-17-15(12-23)19(24)8-10-21(17,18)2/h11,14,16,18H,3-10H2,1-2H3/t14-,16-,18-,20+,21-/m0/s1. The van der Waals surface area contributed by atoms with Gasteiger partial charge in [-0.05, 0) is 79.1 Å². The Hall–Kier alpha value is -1.07. The molecule has 2 nitrogen and oxygen atoms in total. The quantitative estimate of drug-likeness (QED) is 0.579. The van der Waals surface area contributed by atoms with Crippen LogP contribution >= 0.6 is 11.6 Å². The van der Waals surface area contributed by atoms with E-state index in [0.717, 1.165) is 37.5 Å². The third-order valence-corrected chi connectivity index (χ3v) is 8.48. The van der Waals surface area contributed by atoms with E-state index in [1.807, 2.05) is 5.54 Å². The van der Waals surface area contributed by atoms with Gasteiger partial charge in [-0.1, -0.05) is 31.0 Å². The lowest BCUT2D eigenvalue weighted by Crippen LogP contribution is -2.50. The van der Waals surface area contributed by atoms with Crippen LogP contribution in [0.5, 0.6) is 0 Å². The number of hydrogen-bond acceptors (Lipinski definition) is 2. The molecule has 0 saturated heterocycles. The molecule has 4 rings (SSSR count). The number of ketones is 1. The number of nitrogens with zero attached hydrogens (tertiary/aromatic N) is 1. The minimum Gasteiger partial charge on any atom is -0.293 e. The number of fused-ring (bicyclic) bond motifs is 5. The number of Topliss-reactive ketones (excluding diaryl/α,β-unsaturated/α-hetero) is 1. The van der Waals surface area contributed by atoms with Gasteiger partial charge in [-0.15, -0.1) is 0 Å². The maximum Gasteiger partial charge on any atom is 0.173 e. The van der Waals surface area contributed by atoms with Crippen molar-refractivity contribution in [2.75, 3.05) is 0 Å². The number of hydrogen-bond donors (Lipinski definition) is 0. The number of carbonyl (C=O) groups excluding carboxylic acids is 1. The highest BCUT2D eigenvalue weighted by molar-refractivity contribution is 6.25. The van der Waals surface area contributed by atoms with E-state index >= 15 is 0 Å². The van der Waals surface area contributed by atoms with Crippen LogP contribution in [0.1, 0.15) is 65.2 Å². The van der Waals surface area contributed by atoms with Crippen LogP contribution in [0, 0.1) is 39.9 Å². The lowest BCUT2D eigenvalue weighted by atomic mass is 9.47. The van der Waals surface area contributed by atoms with Gasteiger partial charge in [-0.25, -0.2) is 0 Å². The fourth-order valence-corrected chi connectivity index (χ4v) is 7.23. The summed E-state index contributed by atoms with van der Waals surface area (Å²) in [5.41, 5.74) is 5.35. The van der Waals surface area contributed by atoms with Crippen LogP contribution in [-0.2, 0) is 4.79 Å². The van der Waals surface area contributed by atoms with Crippen molar-refractivity contribution >= 4 is 17.4 Å². The summed E-state index contributed by atoms with van der Waals surface area (Å²) in [5.74, 6) is 2.16. The van der Waals surface area contributed by atoms with Crippen molar-refractivity contribution < 1.29 is 4.79 Å². The summed E-state index contributed by atoms with van der Waals surface area (Å²) < 4.78 is 0. The van der Waals surface area contributed by atoms with Crippen LogP contribution in [0.15, 0.2) is 22.3 Å². The second-order valence-corrected chi connectivity index (χ2v) is 9.07. The average Bonchev–Trinajstić information content (AvgIpc) is 2.91. The number of nitriles is 1. The molecule has 0 amide bonds. The van der Waals surface area contributed by atoms with Crippen molar-refractivity contribution in [3.63, 3.8) is 0 Å². The van der Waals surface area contributed by atoms with Crippen LogP contribution in [0.2, 0.25) is 0 Å². The van der Waals surface area contributed by atoms with Crippen LogP contribution < -0.4 is 0 Å². The lowest BCUT2D eigenvalue weighted by molar-refractivity contribution is -0.118. The summed E-state index contributed by atoms with van der Waals surface area (Å²) in [6.07, 6.45) is 8.40. The highest BCUT2D eigenvalue weighted by Crippen LogP contribution is 2.66. The van der Waals surface area contributed by atoms with Gasteiger partial charge in [-0.2, -0.15) is 5.26 Å². The van der Waals surface area contributed by atoms with E-state index in [4.69, 9.17) is 11.6 Å². The third kappa shape index (κ3) is 1.97. The van der Waals surface area contributed by atoms with Crippen LogP contribution in [0.3, 0.4) is 0 Å². The number of rotatable bonds is 0. The zero-order chi connectivity index (χ0) is 17.1. The first-order valence-electron chi connectivity index (χ1n) is 9.42.